The van der Waals surface area contributed by atoms with E-state index in [1.165, 1.54) is 0 Å². The first-order valence-electron chi connectivity index (χ1n) is 12.4. The van der Waals surface area contributed by atoms with E-state index in [1.807, 2.05) is 52.0 Å². The van der Waals surface area contributed by atoms with Crippen LogP contribution in [0, 0.1) is 11.8 Å². The Morgan fingerprint density at radius 2 is 1.62 bits per heavy atom. The molecule has 0 spiro atoms. The number of carbonyl (C=O) groups is 3. The summed E-state index contributed by atoms with van der Waals surface area (Å²) in [5.74, 6) is 5.23. The fourth-order valence-corrected chi connectivity index (χ4v) is 3.02. The van der Waals surface area contributed by atoms with E-state index in [4.69, 9.17) is 24.7 Å². The maximum absolute atomic E-state index is 12.2. The van der Waals surface area contributed by atoms with Gasteiger partial charge in [-0.2, -0.15) is 0 Å². The molecule has 0 aliphatic carbocycles. The quantitative estimate of drug-likeness (QED) is 0.244. The number of alkyl carbamates (subject to hydrolysis) is 1. The van der Waals surface area contributed by atoms with Crippen LogP contribution in [0.4, 0.5) is 4.79 Å². The number of benzene rings is 1. The van der Waals surface area contributed by atoms with Crippen LogP contribution in [0.3, 0.4) is 0 Å². The van der Waals surface area contributed by atoms with Gasteiger partial charge >= 0.3 is 12.1 Å². The molecule has 2 amide bonds. The molecule has 206 valence electrons. The van der Waals surface area contributed by atoms with Crippen molar-refractivity contribution in [1.82, 2.24) is 5.32 Å². The van der Waals surface area contributed by atoms with Gasteiger partial charge < -0.3 is 30.0 Å². The van der Waals surface area contributed by atoms with E-state index in [-0.39, 0.29) is 19.1 Å². The summed E-state index contributed by atoms with van der Waals surface area (Å²) in [6, 6.07) is 7.17. The minimum absolute atomic E-state index is 0.0945. The Morgan fingerprint density at radius 3 is 2.19 bits per heavy atom. The summed E-state index contributed by atoms with van der Waals surface area (Å²) in [6.07, 6.45) is -0.00964. The van der Waals surface area contributed by atoms with Crippen LogP contribution in [0.25, 0.3) is 0 Å². The summed E-state index contributed by atoms with van der Waals surface area (Å²) in [5, 5.41) is 2.78. The molecule has 3 N–H and O–H groups in total. The average molecular weight is 519 g/mol. The lowest BCUT2D eigenvalue weighted by molar-refractivity contribution is -0.160. The number of hydrogen-bond acceptors (Lipinski definition) is 7. The van der Waals surface area contributed by atoms with Gasteiger partial charge in [0.1, 0.15) is 17.8 Å². The van der Waals surface area contributed by atoms with Crippen LogP contribution in [-0.2, 0) is 35.1 Å². The second-order valence-corrected chi connectivity index (χ2v) is 10.7. The van der Waals surface area contributed by atoms with Gasteiger partial charge in [-0.3, -0.25) is 4.79 Å². The molecule has 37 heavy (non-hydrogen) atoms. The highest BCUT2D eigenvalue weighted by molar-refractivity contribution is 5.74. The molecule has 0 fully saturated rings. The van der Waals surface area contributed by atoms with Crippen molar-refractivity contribution in [2.24, 2.45) is 5.73 Å². The van der Waals surface area contributed by atoms with Gasteiger partial charge in [-0.15, -0.1) is 0 Å². The lowest BCUT2D eigenvalue weighted by Gasteiger charge is -2.27. The number of carbonyl (C=O) groups excluding carboxylic acids is 3. The van der Waals surface area contributed by atoms with E-state index in [0.29, 0.717) is 26.1 Å². The van der Waals surface area contributed by atoms with Crippen LogP contribution in [0.5, 0.6) is 0 Å². The molecule has 0 radical (unpaired) electrons. The molecule has 0 aliphatic heterocycles. The second kappa shape index (κ2) is 15.2. The summed E-state index contributed by atoms with van der Waals surface area (Å²) in [7, 11) is 0. The second-order valence-electron chi connectivity index (χ2n) is 10.7. The lowest BCUT2D eigenvalue weighted by Crippen LogP contribution is -2.45. The third-order valence-corrected chi connectivity index (χ3v) is 4.68. The number of primary amides is 1. The Morgan fingerprint density at radius 1 is 1.00 bits per heavy atom. The monoisotopic (exact) mass is 518 g/mol. The summed E-state index contributed by atoms with van der Waals surface area (Å²) < 4.78 is 21.7. The van der Waals surface area contributed by atoms with Crippen LogP contribution >= 0.6 is 0 Å². The summed E-state index contributed by atoms with van der Waals surface area (Å²) >= 11 is 0. The molecule has 0 heterocycles. The zero-order valence-electron chi connectivity index (χ0n) is 23.1. The van der Waals surface area contributed by atoms with Crippen molar-refractivity contribution in [3.63, 3.8) is 0 Å². The first-order valence-corrected chi connectivity index (χ1v) is 12.4. The Bertz CT molecular complexity index is 934. The minimum Gasteiger partial charge on any atom is -0.458 e. The van der Waals surface area contributed by atoms with E-state index in [0.717, 1.165) is 11.1 Å². The predicted octanol–water partition coefficient (Wildman–Crippen LogP) is 3.85. The molecule has 9 heteroatoms. The summed E-state index contributed by atoms with van der Waals surface area (Å²) in [5.41, 5.74) is 5.89. The predicted molar refractivity (Wildman–Crippen MR) is 140 cm³/mol. The van der Waals surface area contributed by atoms with Gasteiger partial charge in [0.2, 0.25) is 5.91 Å². The first kappa shape index (κ1) is 31.9. The molecule has 0 saturated carbocycles. The minimum atomic E-state index is -0.639. The normalized spacial score (nSPS) is 13.1. The lowest BCUT2D eigenvalue weighted by atomic mass is 10.1. The van der Waals surface area contributed by atoms with Crippen LogP contribution < -0.4 is 11.1 Å². The number of rotatable bonds is 12. The topological polar surface area (TPSA) is 126 Å². The zero-order chi connectivity index (χ0) is 28.1. The summed E-state index contributed by atoms with van der Waals surface area (Å²) in [4.78, 5) is 35.1. The number of nitrogens with two attached hydrogens (primary N) is 1. The van der Waals surface area contributed by atoms with Crippen molar-refractivity contribution in [3.8, 4) is 11.8 Å². The molecule has 2 unspecified atom stereocenters. The molecule has 0 aromatic heterocycles. The number of nitrogens with one attached hydrogen (secondary N) is 1. The standard InChI is InChI=1S/C28H42N2O7/c1-20(23(15-16-24(29)31)30-26(33)37-28(5,6)7)35-18-22-13-11-21(12-14-22)10-8-9-17-34-19-25(32)36-27(2,3)4/h11-14,20,23H,9,15-19H2,1-7H3,(H2,29,31)(H,30,33). The van der Waals surface area contributed by atoms with Crippen molar-refractivity contribution in [1.29, 1.82) is 0 Å². The van der Waals surface area contributed by atoms with E-state index in [1.54, 1.807) is 20.8 Å². The van der Waals surface area contributed by atoms with Gasteiger partial charge in [-0.1, -0.05) is 24.0 Å². The van der Waals surface area contributed by atoms with Gasteiger partial charge in [0.15, 0.2) is 0 Å². The van der Waals surface area contributed by atoms with Crippen molar-refractivity contribution in [2.45, 2.75) is 97.7 Å². The Labute approximate surface area is 220 Å². The van der Waals surface area contributed by atoms with Crippen LogP contribution in [-0.4, -0.2) is 54.5 Å². The highest BCUT2D eigenvalue weighted by Gasteiger charge is 2.24. The van der Waals surface area contributed by atoms with Crippen molar-refractivity contribution >= 4 is 18.0 Å². The molecular formula is C28H42N2O7. The fourth-order valence-electron chi connectivity index (χ4n) is 3.02. The van der Waals surface area contributed by atoms with Crippen molar-refractivity contribution < 1.29 is 33.3 Å². The first-order chi connectivity index (χ1) is 17.1. The Kier molecular flexibility index (Phi) is 13.1. The van der Waals surface area contributed by atoms with Gasteiger partial charge in [-0.25, -0.2) is 9.59 Å². The Hall–Kier alpha value is -3.09. The third-order valence-electron chi connectivity index (χ3n) is 4.68. The smallest absolute Gasteiger partial charge is 0.407 e. The molecule has 0 aliphatic rings. The molecular weight excluding hydrogens is 476 g/mol. The highest BCUT2D eigenvalue weighted by atomic mass is 16.6. The van der Waals surface area contributed by atoms with Gasteiger partial charge in [-0.05, 0) is 72.6 Å². The van der Waals surface area contributed by atoms with E-state index >= 15 is 0 Å². The van der Waals surface area contributed by atoms with Gasteiger partial charge in [0.05, 0.1) is 25.4 Å². The zero-order valence-corrected chi connectivity index (χ0v) is 23.1. The van der Waals surface area contributed by atoms with E-state index < -0.39 is 35.2 Å². The number of ether oxygens (including phenoxy) is 4. The largest absolute Gasteiger partial charge is 0.458 e. The third kappa shape index (κ3) is 16.3. The Balaban J connectivity index is 2.52. The average Bonchev–Trinajstić information content (AvgIpc) is 2.75. The van der Waals surface area contributed by atoms with E-state index in [9.17, 15) is 14.4 Å². The van der Waals surface area contributed by atoms with E-state index in [2.05, 4.69) is 17.2 Å². The molecule has 2 atom stereocenters. The SMILES string of the molecule is CC(OCc1ccc(C#CCCOCC(=O)OC(C)(C)C)cc1)C(CCC(N)=O)NC(=O)OC(C)(C)C. The maximum Gasteiger partial charge on any atom is 0.407 e. The van der Waals surface area contributed by atoms with Crippen LogP contribution in [0.2, 0.25) is 0 Å². The molecule has 1 aromatic carbocycles. The molecule has 0 bridgehead atoms. The number of amides is 2. The highest BCUT2D eigenvalue weighted by Crippen LogP contribution is 2.13. The number of esters is 1. The van der Waals surface area contributed by atoms with Crippen molar-refractivity contribution in [3.05, 3.63) is 35.4 Å². The van der Waals surface area contributed by atoms with Crippen LogP contribution in [0.1, 0.15) is 78.9 Å². The fraction of sp³-hybridized carbons (Fsp3) is 0.607. The van der Waals surface area contributed by atoms with Gasteiger partial charge in [0.25, 0.3) is 0 Å². The maximum atomic E-state index is 12.2. The van der Waals surface area contributed by atoms with Gasteiger partial charge in [0, 0.05) is 18.4 Å². The molecule has 9 nitrogen and oxygen atoms in total. The molecule has 1 aromatic rings. The van der Waals surface area contributed by atoms with Crippen LogP contribution in [0.15, 0.2) is 24.3 Å². The molecule has 1 rings (SSSR count). The van der Waals surface area contributed by atoms with Crippen molar-refractivity contribution in [2.75, 3.05) is 13.2 Å². The number of hydrogen-bond donors (Lipinski definition) is 2. The summed E-state index contributed by atoms with van der Waals surface area (Å²) in [6.45, 7) is 13.1. The molecule has 0 saturated heterocycles.